The molecule has 5 nitrogen and oxygen atoms in total. The zero-order valence-electron chi connectivity index (χ0n) is 13.0. The normalized spacial score (nSPS) is 14.2. The van der Waals surface area contributed by atoms with Crippen LogP contribution in [0.5, 0.6) is 5.75 Å². The van der Waals surface area contributed by atoms with Crippen molar-refractivity contribution >= 4 is 11.6 Å². The highest BCUT2D eigenvalue weighted by Crippen LogP contribution is 2.23. The van der Waals surface area contributed by atoms with Crippen molar-refractivity contribution in [2.45, 2.75) is 45.2 Å². The molecular formula is C15H21F3N2O3. The van der Waals surface area contributed by atoms with Crippen LogP contribution in [-0.2, 0) is 4.79 Å². The third-order valence-electron chi connectivity index (χ3n) is 2.92. The zero-order valence-corrected chi connectivity index (χ0v) is 13.0. The van der Waals surface area contributed by atoms with Gasteiger partial charge in [-0.1, -0.05) is 0 Å². The molecule has 1 aromatic carbocycles. The largest absolute Gasteiger partial charge is 0.573 e. The minimum absolute atomic E-state index is 0.0819. The molecule has 2 unspecified atom stereocenters. The second-order valence-corrected chi connectivity index (χ2v) is 5.32. The summed E-state index contributed by atoms with van der Waals surface area (Å²) in [6, 6.07) is 4.86. The molecule has 0 saturated carbocycles. The van der Waals surface area contributed by atoms with Crippen LogP contribution < -0.4 is 15.4 Å². The summed E-state index contributed by atoms with van der Waals surface area (Å²) in [6.45, 7) is 4.11. The van der Waals surface area contributed by atoms with Crippen LogP contribution in [0.25, 0.3) is 0 Å². The smallest absolute Gasteiger partial charge is 0.406 e. The van der Waals surface area contributed by atoms with E-state index in [4.69, 9.17) is 5.11 Å². The van der Waals surface area contributed by atoms with Crippen molar-refractivity contribution in [3.63, 3.8) is 0 Å². The summed E-state index contributed by atoms with van der Waals surface area (Å²) in [5.41, 5.74) is 0.390. The summed E-state index contributed by atoms with van der Waals surface area (Å²) in [6.07, 6.45) is -4.34. The Morgan fingerprint density at radius 2 is 1.87 bits per heavy atom. The van der Waals surface area contributed by atoms with Gasteiger partial charge in [-0.3, -0.25) is 4.79 Å². The number of anilines is 1. The standard InChI is InChI=1S/C15H21F3N2O3/c1-10(19-8-7-11(2)21)9-14(22)20-12-3-5-13(6-4-12)23-15(16,17)18/h3-6,10-11,19,21H,7-9H2,1-2H3,(H,20,22). The lowest BCUT2D eigenvalue weighted by Crippen LogP contribution is -2.32. The predicted octanol–water partition coefficient (Wildman–Crippen LogP) is 2.66. The lowest BCUT2D eigenvalue weighted by molar-refractivity contribution is -0.274. The number of alkyl halides is 3. The van der Waals surface area contributed by atoms with E-state index < -0.39 is 12.5 Å². The van der Waals surface area contributed by atoms with Gasteiger partial charge in [0.05, 0.1) is 6.10 Å². The van der Waals surface area contributed by atoms with Gasteiger partial charge in [-0.25, -0.2) is 0 Å². The van der Waals surface area contributed by atoms with Gasteiger partial charge in [0.1, 0.15) is 5.75 Å². The Labute approximate surface area is 132 Å². The van der Waals surface area contributed by atoms with E-state index in [2.05, 4.69) is 15.4 Å². The number of halogens is 3. The maximum absolute atomic E-state index is 12.0. The third-order valence-corrected chi connectivity index (χ3v) is 2.92. The maximum atomic E-state index is 12.0. The summed E-state index contributed by atoms with van der Waals surface area (Å²) in [5, 5.41) is 14.8. The molecule has 0 radical (unpaired) electrons. The van der Waals surface area contributed by atoms with E-state index in [9.17, 15) is 18.0 Å². The van der Waals surface area contributed by atoms with Crippen LogP contribution in [0.3, 0.4) is 0 Å². The van der Waals surface area contributed by atoms with Crippen molar-refractivity contribution in [1.29, 1.82) is 0 Å². The molecule has 1 amide bonds. The Morgan fingerprint density at radius 3 is 2.39 bits per heavy atom. The monoisotopic (exact) mass is 334 g/mol. The number of ether oxygens (including phenoxy) is 1. The molecule has 3 N–H and O–H groups in total. The maximum Gasteiger partial charge on any atom is 0.573 e. The summed E-state index contributed by atoms with van der Waals surface area (Å²) >= 11 is 0. The molecule has 0 aromatic heterocycles. The van der Waals surface area contributed by atoms with Gasteiger partial charge < -0.3 is 20.5 Å². The number of nitrogens with one attached hydrogen (secondary N) is 2. The van der Waals surface area contributed by atoms with Crippen LogP contribution in [0.2, 0.25) is 0 Å². The first-order valence-electron chi connectivity index (χ1n) is 7.23. The second-order valence-electron chi connectivity index (χ2n) is 5.32. The van der Waals surface area contributed by atoms with Gasteiger partial charge in [-0.2, -0.15) is 0 Å². The topological polar surface area (TPSA) is 70.6 Å². The second kappa shape index (κ2) is 8.73. The highest BCUT2D eigenvalue weighted by Gasteiger charge is 2.30. The molecule has 1 aromatic rings. The lowest BCUT2D eigenvalue weighted by atomic mass is 10.2. The molecule has 0 fully saturated rings. The van der Waals surface area contributed by atoms with Crippen LogP contribution in [0.4, 0.5) is 18.9 Å². The Hall–Kier alpha value is -1.80. The molecule has 8 heteroatoms. The fourth-order valence-electron chi connectivity index (χ4n) is 1.84. The van der Waals surface area contributed by atoms with E-state index in [0.29, 0.717) is 18.7 Å². The Kier molecular flexibility index (Phi) is 7.31. The molecular weight excluding hydrogens is 313 g/mol. The molecule has 23 heavy (non-hydrogen) atoms. The molecule has 0 heterocycles. The van der Waals surface area contributed by atoms with Crippen LogP contribution in [0.15, 0.2) is 24.3 Å². The lowest BCUT2D eigenvalue weighted by Gasteiger charge is -2.14. The quantitative estimate of drug-likeness (QED) is 0.684. The van der Waals surface area contributed by atoms with E-state index >= 15 is 0 Å². The van der Waals surface area contributed by atoms with Gasteiger partial charge in [0, 0.05) is 18.2 Å². The number of carbonyl (C=O) groups is 1. The molecule has 1 rings (SSSR count). The van der Waals surface area contributed by atoms with Crippen molar-refractivity contribution in [2.24, 2.45) is 0 Å². The average Bonchev–Trinajstić information content (AvgIpc) is 2.38. The third kappa shape index (κ3) is 9.04. The van der Waals surface area contributed by atoms with E-state index in [1.165, 1.54) is 12.1 Å². The number of rotatable bonds is 8. The fraction of sp³-hybridized carbons (Fsp3) is 0.533. The van der Waals surface area contributed by atoms with Gasteiger partial charge >= 0.3 is 6.36 Å². The SMILES string of the molecule is CC(O)CCNC(C)CC(=O)Nc1ccc(OC(F)(F)F)cc1. The zero-order chi connectivity index (χ0) is 17.5. The van der Waals surface area contributed by atoms with Crippen LogP contribution in [0, 0.1) is 0 Å². The van der Waals surface area contributed by atoms with Crippen molar-refractivity contribution in [3.8, 4) is 5.75 Å². The van der Waals surface area contributed by atoms with E-state index in [-0.39, 0.29) is 24.1 Å². The summed E-state index contributed by atoms with van der Waals surface area (Å²) in [7, 11) is 0. The van der Waals surface area contributed by atoms with Crippen LogP contribution in [-0.4, -0.2) is 36.1 Å². The molecule has 0 aliphatic carbocycles. The van der Waals surface area contributed by atoms with Gasteiger partial charge in [-0.05, 0) is 51.1 Å². The van der Waals surface area contributed by atoms with Crippen molar-refractivity contribution in [1.82, 2.24) is 5.32 Å². The predicted molar refractivity (Wildman–Crippen MR) is 80.1 cm³/mol. The fourth-order valence-corrected chi connectivity index (χ4v) is 1.84. The minimum atomic E-state index is -4.74. The summed E-state index contributed by atoms with van der Waals surface area (Å²) in [4.78, 5) is 11.8. The highest BCUT2D eigenvalue weighted by molar-refractivity contribution is 5.91. The first kappa shape index (κ1) is 19.2. The minimum Gasteiger partial charge on any atom is -0.406 e. The Balaban J connectivity index is 2.39. The number of benzene rings is 1. The molecule has 0 aliphatic heterocycles. The van der Waals surface area contributed by atoms with Crippen molar-refractivity contribution < 1.29 is 27.8 Å². The molecule has 0 spiro atoms. The van der Waals surface area contributed by atoms with Crippen molar-refractivity contribution in [2.75, 3.05) is 11.9 Å². The first-order chi connectivity index (χ1) is 10.7. The summed E-state index contributed by atoms with van der Waals surface area (Å²) in [5.74, 6) is -0.602. The van der Waals surface area contributed by atoms with E-state index in [0.717, 1.165) is 12.1 Å². The number of aliphatic hydroxyl groups excluding tert-OH is 1. The summed E-state index contributed by atoms with van der Waals surface area (Å²) < 4.78 is 39.8. The van der Waals surface area contributed by atoms with Gasteiger partial charge in [-0.15, -0.1) is 13.2 Å². The number of hydrogen-bond acceptors (Lipinski definition) is 4. The van der Waals surface area contributed by atoms with E-state index in [1.807, 2.05) is 6.92 Å². The highest BCUT2D eigenvalue weighted by atomic mass is 19.4. The van der Waals surface area contributed by atoms with Crippen LogP contribution >= 0.6 is 0 Å². The van der Waals surface area contributed by atoms with Crippen LogP contribution in [0.1, 0.15) is 26.7 Å². The van der Waals surface area contributed by atoms with Gasteiger partial charge in [0.2, 0.25) is 5.91 Å². The van der Waals surface area contributed by atoms with Crippen molar-refractivity contribution in [3.05, 3.63) is 24.3 Å². The molecule has 130 valence electrons. The molecule has 0 bridgehead atoms. The Morgan fingerprint density at radius 1 is 1.26 bits per heavy atom. The first-order valence-corrected chi connectivity index (χ1v) is 7.23. The average molecular weight is 334 g/mol. The number of amides is 1. The van der Waals surface area contributed by atoms with Gasteiger partial charge in [0.15, 0.2) is 0 Å². The Bertz CT molecular complexity index is 490. The molecule has 2 atom stereocenters. The van der Waals surface area contributed by atoms with Gasteiger partial charge in [0.25, 0.3) is 0 Å². The molecule has 0 saturated heterocycles. The molecule has 0 aliphatic rings. The number of carbonyl (C=O) groups excluding carboxylic acids is 1. The number of hydrogen-bond donors (Lipinski definition) is 3. The number of aliphatic hydroxyl groups is 1. The van der Waals surface area contributed by atoms with E-state index in [1.54, 1.807) is 6.92 Å².